The Morgan fingerprint density at radius 1 is 1.33 bits per heavy atom. The summed E-state index contributed by atoms with van der Waals surface area (Å²) < 4.78 is 33.7. The van der Waals surface area contributed by atoms with Crippen molar-refractivity contribution in [2.45, 2.75) is 56.5 Å². The van der Waals surface area contributed by atoms with Gasteiger partial charge in [0.25, 0.3) is 0 Å². The van der Waals surface area contributed by atoms with Gasteiger partial charge in [-0.2, -0.15) is 0 Å². The first-order valence-electron chi connectivity index (χ1n) is 9.15. The number of hydrogen-bond acceptors (Lipinski definition) is 3. The van der Waals surface area contributed by atoms with E-state index in [1.54, 1.807) is 13.2 Å². The standard InChI is InChI=1S/C20H24ClF2NO3/c1-27-12-5-14-13-15(18-16(21)3-2-11-24(14)18)17(25)4-6-19(26)7-9-20(22,23)10-8-19/h2-3,11,13,26H,4-10,12H2,1H3. The normalized spacial score (nSPS) is 18.7. The van der Waals surface area contributed by atoms with Gasteiger partial charge in [-0.3, -0.25) is 4.79 Å². The fourth-order valence-corrected chi connectivity index (χ4v) is 3.97. The average Bonchev–Trinajstić information content (AvgIpc) is 3.01. The van der Waals surface area contributed by atoms with Crippen LogP contribution >= 0.6 is 11.6 Å². The van der Waals surface area contributed by atoms with Gasteiger partial charge in [0.1, 0.15) is 0 Å². The molecule has 0 saturated heterocycles. The predicted molar refractivity (Wildman–Crippen MR) is 99.9 cm³/mol. The van der Waals surface area contributed by atoms with Gasteiger partial charge >= 0.3 is 0 Å². The zero-order valence-electron chi connectivity index (χ0n) is 15.3. The van der Waals surface area contributed by atoms with Crippen LogP contribution in [0.5, 0.6) is 0 Å². The van der Waals surface area contributed by atoms with Crippen LogP contribution in [0.25, 0.3) is 5.52 Å². The molecule has 2 aromatic rings. The van der Waals surface area contributed by atoms with E-state index in [-0.39, 0.29) is 44.3 Å². The summed E-state index contributed by atoms with van der Waals surface area (Å²) in [7, 11) is 1.61. The smallest absolute Gasteiger partial charge is 0.248 e. The number of ketones is 1. The molecule has 7 heteroatoms. The maximum atomic E-state index is 13.3. The second kappa shape index (κ2) is 7.86. The Labute approximate surface area is 162 Å². The summed E-state index contributed by atoms with van der Waals surface area (Å²) in [6, 6.07) is 5.34. The Hall–Kier alpha value is -1.50. The first-order chi connectivity index (χ1) is 12.7. The van der Waals surface area contributed by atoms with Gasteiger partial charge in [-0.15, -0.1) is 0 Å². The van der Waals surface area contributed by atoms with E-state index in [9.17, 15) is 18.7 Å². The molecule has 4 nitrogen and oxygen atoms in total. The van der Waals surface area contributed by atoms with Crippen molar-refractivity contribution in [1.82, 2.24) is 4.40 Å². The highest BCUT2D eigenvalue weighted by atomic mass is 35.5. The van der Waals surface area contributed by atoms with E-state index >= 15 is 0 Å². The van der Waals surface area contributed by atoms with Crippen molar-refractivity contribution in [3.63, 3.8) is 0 Å². The molecule has 0 unspecified atom stereocenters. The van der Waals surface area contributed by atoms with E-state index < -0.39 is 11.5 Å². The van der Waals surface area contributed by atoms with Crippen LogP contribution in [-0.2, 0) is 11.2 Å². The Balaban J connectivity index is 1.78. The summed E-state index contributed by atoms with van der Waals surface area (Å²) >= 11 is 6.32. The zero-order chi connectivity index (χ0) is 19.7. The maximum Gasteiger partial charge on any atom is 0.248 e. The van der Waals surface area contributed by atoms with Gasteiger partial charge in [0.05, 0.1) is 22.7 Å². The van der Waals surface area contributed by atoms with Crippen molar-refractivity contribution >= 4 is 22.9 Å². The number of carbonyl (C=O) groups excluding carboxylic acids is 1. The summed E-state index contributed by atoms with van der Waals surface area (Å²) in [4.78, 5) is 12.8. The molecule has 27 heavy (non-hydrogen) atoms. The number of pyridine rings is 1. The SMILES string of the molecule is COCCc1cc(C(=O)CCC2(O)CCC(F)(F)CC2)c2c(Cl)cccn12. The monoisotopic (exact) mass is 399 g/mol. The number of nitrogens with zero attached hydrogens (tertiary/aromatic N) is 1. The minimum absolute atomic E-state index is 0.0175. The van der Waals surface area contributed by atoms with E-state index in [2.05, 4.69) is 0 Å². The highest BCUT2D eigenvalue weighted by Crippen LogP contribution is 2.40. The molecule has 148 valence electrons. The lowest BCUT2D eigenvalue weighted by atomic mass is 9.79. The zero-order valence-corrected chi connectivity index (χ0v) is 16.1. The van der Waals surface area contributed by atoms with Crippen molar-refractivity contribution in [2.75, 3.05) is 13.7 Å². The van der Waals surface area contributed by atoms with Crippen molar-refractivity contribution < 1.29 is 23.4 Å². The molecule has 0 bridgehead atoms. The largest absolute Gasteiger partial charge is 0.390 e. The second-order valence-electron chi connectivity index (χ2n) is 7.37. The van der Waals surface area contributed by atoms with Gasteiger partial charge in [-0.1, -0.05) is 11.6 Å². The molecule has 0 atom stereocenters. The number of ether oxygens (including phenoxy) is 1. The number of rotatable bonds is 7. The molecule has 0 aliphatic heterocycles. The number of halogens is 3. The number of hydrogen-bond donors (Lipinski definition) is 1. The van der Waals surface area contributed by atoms with Crippen LogP contribution in [0.4, 0.5) is 8.78 Å². The molecule has 3 rings (SSSR count). The summed E-state index contributed by atoms with van der Waals surface area (Å²) in [5, 5.41) is 11.0. The van der Waals surface area contributed by atoms with Crippen molar-refractivity contribution in [3.8, 4) is 0 Å². The number of aliphatic hydroxyl groups is 1. The molecule has 2 heterocycles. The van der Waals surface area contributed by atoms with E-state index in [1.807, 2.05) is 22.7 Å². The Morgan fingerprint density at radius 3 is 2.70 bits per heavy atom. The van der Waals surface area contributed by atoms with E-state index in [4.69, 9.17) is 16.3 Å². The number of carbonyl (C=O) groups is 1. The van der Waals surface area contributed by atoms with E-state index in [1.165, 1.54) is 0 Å². The Bertz CT molecular complexity index is 824. The molecular formula is C20H24ClF2NO3. The molecule has 1 fully saturated rings. The number of aromatic nitrogens is 1. The lowest BCUT2D eigenvalue weighted by Gasteiger charge is -2.35. The van der Waals surface area contributed by atoms with Crippen LogP contribution in [0.3, 0.4) is 0 Å². The molecule has 1 N–H and O–H groups in total. The van der Waals surface area contributed by atoms with Gasteiger partial charge in [0.15, 0.2) is 5.78 Å². The molecular weight excluding hydrogens is 376 g/mol. The predicted octanol–water partition coefficient (Wildman–Crippen LogP) is 4.68. The minimum atomic E-state index is -2.71. The molecule has 0 aromatic carbocycles. The molecule has 0 amide bonds. The number of Topliss-reactive ketones (excluding diaryl/α,β-unsaturated/α-hetero) is 1. The third-order valence-electron chi connectivity index (χ3n) is 5.41. The van der Waals surface area contributed by atoms with Crippen LogP contribution in [0.1, 0.15) is 54.6 Å². The molecule has 1 aliphatic carbocycles. The first kappa shape index (κ1) is 20.2. The third kappa shape index (κ3) is 4.50. The lowest BCUT2D eigenvalue weighted by molar-refractivity contribution is -0.105. The highest BCUT2D eigenvalue weighted by molar-refractivity contribution is 6.35. The molecule has 2 aromatic heterocycles. The van der Waals surface area contributed by atoms with Crippen LogP contribution < -0.4 is 0 Å². The summed E-state index contributed by atoms with van der Waals surface area (Å²) in [6.07, 6.45) is 2.12. The summed E-state index contributed by atoms with van der Waals surface area (Å²) in [5.41, 5.74) is 0.845. The third-order valence-corrected chi connectivity index (χ3v) is 5.72. The topological polar surface area (TPSA) is 50.9 Å². The molecule has 0 radical (unpaired) electrons. The fourth-order valence-electron chi connectivity index (χ4n) is 3.71. The Kier molecular flexibility index (Phi) is 5.89. The van der Waals surface area contributed by atoms with Gasteiger partial charge in [0.2, 0.25) is 5.92 Å². The molecule has 0 spiro atoms. The average molecular weight is 400 g/mol. The number of alkyl halides is 2. The lowest BCUT2D eigenvalue weighted by Crippen LogP contribution is -2.38. The maximum absolute atomic E-state index is 13.3. The van der Waals surface area contributed by atoms with Crippen LogP contribution in [0.15, 0.2) is 24.4 Å². The summed E-state index contributed by atoms with van der Waals surface area (Å²) in [6.45, 7) is 0.514. The fraction of sp³-hybridized carbons (Fsp3) is 0.550. The van der Waals surface area contributed by atoms with Crippen LogP contribution in [0, 0.1) is 0 Å². The van der Waals surface area contributed by atoms with Gasteiger partial charge in [-0.25, -0.2) is 8.78 Å². The van der Waals surface area contributed by atoms with Crippen molar-refractivity contribution in [2.24, 2.45) is 0 Å². The van der Waals surface area contributed by atoms with Gasteiger partial charge in [-0.05, 0) is 37.5 Å². The van der Waals surface area contributed by atoms with E-state index in [0.29, 0.717) is 29.1 Å². The van der Waals surface area contributed by atoms with Crippen LogP contribution in [0.2, 0.25) is 5.02 Å². The van der Waals surface area contributed by atoms with Crippen LogP contribution in [-0.4, -0.2) is 40.5 Å². The molecule has 1 aliphatic rings. The van der Waals surface area contributed by atoms with E-state index in [0.717, 1.165) is 5.69 Å². The Morgan fingerprint density at radius 2 is 2.04 bits per heavy atom. The highest BCUT2D eigenvalue weighted by Gasteiger charge is 2.42. The number of methoxy groups -OCH3 is 1. The second-order valence-corrected chi connectivity index (χ2v) is 7.78. The quantitative estimate of drug-likeness (QED) is 0.687. The number of fused-ring (bicyclic) bond motifs is 1. The van der Waals surface area contributed by atoms with Crippen molar-refractivity contribution in [3.05, 3.63) is 40.7 Å². The first-order valence-corrected chi connectivity index (χ1v) is 9.53. The van der Waals surface area contributed by atoms with Crippen molar-refractivity contribution in [1.29, 1.82) is 0 Å². The minimum Gasteiger partial charge on any atom is -0.390 e. The summed E-state index contributed by atoms with van der Waals surface area (Å²) in [5.74, 6) is -2.85. The molecule has 1 saturated carbocycles. The van der Waals surface area contributed by atoms with Gasteiger partial charge < -0.3 is 14.2 Å². The van der Waals surface area contributed by atoms with Gasteiger partial charge in [0, 0.05) is 50.2 Å².